The molecule has 3 rings (SSSR count). The third-order valence-corrected chi connectivity index (χ3v) is 5.00. The zero-order valence-electron chi connectivity index (χ0n) is 13.7. The summed E-state index contributed by atoms with van der Waals surface area (Å²) >= 11 is 0. The van der Waals surface area contributed by atoms with Gasteiger partial charge >= 0.3 is 6.18 Å². The quantitative estimate of drug-likeness (QED) is 0.789. The summed E-state index contributed by atoms with van der Waals surface area (Å²) in [5.41, 5.74) is -0.761. The van der Waals surface area contributed by atoms with E-state index in [0.717, 1.165) is 0 Å². The lowest BCUT2D eigenvalue weighted by Crippen LogP contribution is -2.58. The van der Waals surface area contributed by atoms with Gasteiger partial charge in [0.05, 0.1) is 5.41 Å². The second-order valence-corrected chi connectivity index (χ2v) is 6.62. The number of nitrogens with zero attached hydrogens (tertiary/aromatic N) is 1. The van der Waals surface area contributed by atoms with Crippen LogP contribution in [0.25, 0.3) is 0 Å². The molecule has 1 aliphatic carbocycles. The average Bonchev–Trinajstić information content (AvgIpc) is 3.37. The molecule has 1 aromatic carbocycles. The van der Waals surface area contributed by atoms with Crippen molar-refractivity contribution < 1.29 is 22.4 Å². The van der Waals surface area contributed by atoms with Crippen molar-refractivity contribution in [1.29, 1.82) is 0 Å². The molecule has 1 unspecified atom stereocenters. The summed E-state index contributed by atoms with van der Waals surface area (Å²) in [6.07, 6.45) is -3.53. The minimum absolute atomic E-state index is 0.262. The molecule has 4 nitrogen and oxygen atoms in total. The van der Waals surface area contributed by atoms with Crippen molar-refractivity contribution in [2.24, 2.45) is 0 Å². The second-order valence-electron chi connectivity index (χ2n) is 6.62. The molecule has 138 valence electrons. The van der Waals surface area contributed by atoms with Crippen LogP contribution in [0.3, 0.4) is 0 Å². The van der Waals surface area contributed by atoms with Crippen LogP contribution in [0.2, 0.25) is 0 Å². The molecule has 1 aromatic rings. The van der Waals surface area contributed by atoms with Gasteiger partial charge in [-0.3, -0.25) is 9.69 Å². The van der Waals surface area contributed by atoms with Gasteiger partial charge in [0.1, 0.15) is 11.9 Å². The Morgan fingerprint density at radius 2 is 1.88 bits per heavy atom. The van der Waals surface area contributed by atoms with Crippen LogP contribution < -0.4 is 10.6 Å². The molecule has 8 heteroatoms. The van der Waals surface area contributed by atoms with E-state index in [1.54, 1.807) is 6.07 Å². The highest BCUT2D eigenvalue weighted by Crippen LogP contribution is 2.49. The first kappa shape index (κ1) is 18.1. The van der Waals surface area contributed by atoms with Gasteiger partial charge in [0.2, 0.25) is 5.91 Å². The number of benzene rings is 1. The smallest absolute Gasteiger partial charge is 0.353 e. The minimum atomic E-state index is -4.43. The van der Waals surface area contributed by atoms with Crippen molar-refractivity contribution in [1.82, 2.24) is 15.5 Å². The van der Waals surface area contributed by atoms with E-state index in [2.05, 4.69) is 10.6 Å². The van der Waals surface area contributed by atoms with Crippen LogP contribution >= 0.6 is 0 Å². The van der Waals surface area contributed by atoms with Crippen LogP contribution in [0.15, 0.2) is 24.3 Å². The maximum Gasteiger partial charge on any atom is 0.405 e. The number of halogens is 4. The fraction of sp³-hybridized carbons (Fsp3) is 0.588. The van der Waals surface area contributed by atoms with E-state index in [1.165, 1.54) is 23.1 Å². The maximum absolute atomic E-state index is 14.0. The number of hydrogen-bond donors (Lipinski definition) is 2. The maximum atomic E-state index is 14.0. The summed E-state index contributed by atoms with van der Waals surface area (Å²) < 4.78 is 54.1. The summed E-state index contributed by atoms with van der Waals surface area (Å²) in [6, 6.07) is 4.22. The number of rotatable bonds is 5. The Balaban J connectivity index is 1.68. The van der Waals surface area contributed by atoms with Crippen molar-refractivity contribution in [3.05, 3.63) is 35.6 Å². The predicted octanol–water partition coefficient (Wildman–Crippen LogP) is 1.81. The van der Waals surface area contributed by atoms with E-state index < -0.39 is 35.9 Å². The number of piperazine rings is 1. The highest BCUT2D eigenvalue weighted by Gasteiger charge is 2.53. The molecule has 2 N–H and O–H groups in total. The summed E-state index contributed by atoms with van der Waals surface area (Å²) in [5.74, 6) is -1.02. The zero-order chi connectivity index (χ0) is 18.1. The van der Waals surface area contributed by atoms with Crippen LogP contribution in [-0.2, 0) is 10.2 Å². The Morgan fingerprint density at radius 1 is 1.24 bits per heavy atom. The molecular weight excluding hydrogens is 338 g/mol. The lowest BCUT2D eigenvalue weighted by Gasteiger charge is -2.36. The Kier molecular flexibility index (Phi) is 5.02. The molecule has 1 atom stereocenters. The molecule has 1 saturated carbocycles. The number of alkyl halides is 3. The Morgan fingerprint density at radius 3 is 2.44 bits per heavy atom. The fourth-order valence-electron chi connectivity index (χ4n) is 3.40. The predicted molar refractivity (Wildman–Crippen MR) is 84.6 cm³/mol. The van der Waals surface area contributed by atoms with Crippen LogP contribution in [-0.4, -0.2) is 55.7 Å². The summed E-state index contributed by atoms with van der Waals surface area (Å²) in [7, 11) is 0. The van der Waals surface area contributed by atoms with Gasteiger partial charge in [-0.2, -0.15) is 13.2 Å². The van der Waals surface area contributed by atoms with E-state index in [4.69, 9.17) is 0 Å². The van der Waals surface area contributed by atoms with Crippen molar-refractivity contribution in [3.8, 4) is 0 Å². The highest BCUT2D eigenvalue weighted by atomic mass is 19.4. The topological polar surface area (TPSA) is 44.4 Å². The van der Waals surface area contributed by atoms with E-state index in [9.17, 15) is 22.4 Å². The van der Waals surface area contributed by atoms with Gasteiger partial charge in [-0.1, -0.05) is 18.2 Å². The molecular formula is C17H21F4N3O. The van der Waals surface area contributed by atoms with Crippen LogP contribution in [0.5, 0.6) is 0 Å². The molecule has 1 amide bonds. The zero-order valence-corrected chi connectivity index (χ0v) is 13.7. The highest BCUT2D eigenvalue weighted by molar-refractivity contribution is 5.91. The lowest BCUT2D eigenvalue weighted by atomic mass is 9.94. The SMILES string of the molecule is O=C(NCC(N1CCNCC1)C(F)(F)F)C1(c2ccccc2F)CC1. The van der Waals surface area contributed by atoms with Crippen molar-refractivity contribution >= 4 is 5.91 Å². The molecule has 1 saturated heterocycles. The van der Waals surface area contributed by atoms with Crippen molar-refractivity contribution in [2.45, 2.75) is 30.5 Å². The van der Waals surface area contributed by atoms with Gasteiger partial charge in [-0.25, -0.2) is 4.39 Å². The van der Waals surface area contributed by atoms with Gasteiger partial charge in [-0.15, -0.1) is 0 Å². The number of hydrogen-bond acceptors (Lipinski definition) is 3. The molecule has 25 heavy (non-hydrogen) atoms. The third-order valence-electron chi connectivity index (χ3n) is 5.00. The molecule has 1 heterocycles. The van der Waals surface area contributed by atoms with Crippen LogP contribution in [0, 0.1) is 5.82 Å². The number of amides is 1. The van der Waals surface area contributed by atoms with E-state index >= 15 is 0 Å². The summed E-state index contributed by atoms with van der Waals surface area (Å²) in [4.78, 5) is 13.9. The van der Waals surface area contributed by atoms with Gasteiger partial charge in [0.25, 0.3) is 0 Å². The number of carbonyl (C=O) groups is 1. The molecule has 2 aliphatic rings. The molecule has 0 radical (unpaired) electrons. The second kappa shape index (κ2) is 6.92. The van der Waals surface area contributed by atoms with Gasteiger partial charge in [0.15, 0.2) is 0 Å². The fourth-order valence-corrected chi connectivity index (χ4v) is 3.40. The summed E-state index contributed by atoms with van der Waals surface area (Å²) in [5, 5.41) is 5.44. The first-order valence-corrected chi connectivity index (χ1v) is 8.39. The van der Waals surface area contributed by atoms with E-state index in [-0.39, 0.29) is 18.7 Å². The first-order chi connectivity index (χ1) is 11.8. The number of carbonyl (C=O) groups excluding carboxylic acids is 1. The van der Waals surface area contributed by atoms with Crippen LogP contribution in [0.4, 0.5) is 17.6 Å². The third kappa shape index (κ3) is 3.79. The van der Waals surface area contributed by atoms with Crippen molar-refractivity contribution in [2.75, 3.05) is 32.7 Å². The normalized spacial score (nSPS) is 21.6. The average molecular weight is 359 g/mol. The van der Waals surface area contributed by atoms with E-state index in [0.29, 0.717) is 25.9 Å². The molecule has 1 aliphatic heterocycles. The minimum Gasteiger partial charge on any atom is -0.353 e. The lowest BCUT2D eigenvalue weighted by molar-refractivity contribution is -0.184. The van der Waals surface area contributed by atoms with Gasteiger partial charge in [0, 0.05) is 38.3 Å². The van der Waals surface area contributed by atoms with Crippen LogP contribution in [0.1, 0.15) is 18.4 Å². The van der Waals surface area contributed by atoms with Gasteiger partial charge in [-0.05, 0) is 18.9 Å². The van der Waals surface area contributed by atoms with Gasteiger partial charge < -0.3 is 10.6 Å². The molecule has 0 aromatic heterocycles. The summed E-state index contributed by atoms with van der Waals surface area (Å²) in [6.45, 7) is 1.01. The Labute approximate surface area is 143 Å². The monoisotopic (exact) mass is 359 g/mol. The standard InChI is InChI=1S/C17H21F4N3O/c18-13-4-2-1-3-12(13)16(5-6-16)15(25)23-11-14(17(19,20)21)24-9-7-22-8-10-24/h1-4,14,22H,5-11H2,(H,23,25). The molecule has 2 fully saturated rings. The molecule has 0 bridgehead atoms. The first-order valence-electron chi connectivity index (χ1n) is 8.39. The van der Waals surface area contributed by atoms with Crippen molar-refractivity contribution in [3.63, 3.8) is 0 Å². The molecule has 0 spiro atoms. The Bertz CT molecular complexity index is 625. The Hall–Kier alpha value is -1.67. The largest absolute Gasteiger partial charge is 0.405 e. The number of nitrogens with one attached hydrogen (secondary N) is 2. The van der Waals surface area contributed by atoms with E-state index in [1.807, 2.05) is 0 Å².